The maximum absolute atomic E-state index is 11.8. The highest BCUT2D eigenvalue weighted by Gasteiger charge is 2.21. The summed E-state index contributed by atoms with van der Waals surface area (Å²) < 4.78 is 4.52. The summed E-state index contributed by atoms with van der Waals surface area (Å²) in [6, 6.07) is 1.13. The fraction of sp³-hybridized carbons (Fsp3) is 0. The van der Waals surface area contributed by atoms with E-state index >= 15 is 0 Å². The van der Waals surface area contributed by atoms with E-state index < -0.39 is 16.5 Å². The van der Waals surface area contributed by atoms with Gasteiger partial charge in [-0.1, -0.05) is 5.16 Å². The van der Waals surface area contributed by atoms with Gasteiger partial charge in [0, 0.05) is 0 Å². The van der Waals surface area contributed by atoms with Crippen LogP contribution in [-0.4, -0.2) is 21.0 Å². The van der Waals surface area contributed by atoms with E-state index in [1.54, 1.807) is 0 Å². The number of anilines is 2. The summed E-state index contributed by atoms with van der Waals surface area (Å²) in [5, 5.41) is 16.5. The molecular weight excluding hydrogens is 242 g/mol. The zero-order chi connectivity index (χ0) is 13.1. The molecule has 0 spiro atoms. The Labute approximate surface area is 99.7 Å². The largest absolute Gasteiger partial charge is 0.384 e. The third-order valence-electron chi connectivity index (χ3n) is 2.04. The minimum Gasteiger partial charge on any atom is -0.384 e. The Balaban J connectivity index is 2.34. The van der Waals surface area contributed by atoms with Crippen molar-refractivity contribution in [3.63, 3.8) is 0 Å². The number of pyridine rings is 1. The van der Waals surface area contributed by atoms with Crippen molar-refractivity contribution in [2.45, 2.75) is 0 Å². The molecule has 0 aromatic carbocycles. The Bertz CT molecular complexity index is 595. The predicted octanol–water partition coefficient (Wildman–Crippen LogP) is 0.812. The molecular formula is C9H7N5O4. The van der Waals surface area contributed by atoms with Crippen LogP contribution in [0.1, 0.15) is 10.4 Å². The molecule has 3 N–H and O–H groups in total. The number of aromatic nitrogens is 2. The Kier molecular flexibility index (Phi) is 2.87. The van der Waals surface area contributed by atoms with Crippen LogP contribution in [0.5, 0.6) is 0 Å². The van der Waals surface area contributed by atoms with Crippen molar-refractivity contribution < 1.29 is 14.2 Å². The molecule has 0 aliphatic carbocycles. The van der Waals surface area contributed by atoms with Crippen molar-refractivity contribution in [1.29, 1.82) is 0 Å². The maximum atomic E-state index is 11.8. The standard InChI is InChI=1S/C9H7N5O4/c10-8-1-6(7(3-11-8)14(16)17)9(15)13-5-2-12-18-4-5/h1-4H,(H2,10,11)(H,13,15). The first-order valence-corrected chi connectivity index (χ1v) is 4.68. The van der Waals surface area contributed by atoms with Crippen LogP contribution in [0.4, 0.5) is 17.2 Å². The lowest BCUT2D eigenvalue weighted by atomic mass is 10.2. The SMILES string of the molecule is Nc1cc(C(=O)Nc2cnoc2)c([N+](=O)[O-])cn1. The minimum atomic E-state index is -0.713. The van der Waals surface area contributed by atoms with Gasteiger partial charge in [0.25, 0.3) is 11.6 Å². The maximum Gasteiger partial charge on any atom is 0.300 e. The van der Waals surface area contributed by atoms with Crippen LogP contribution in [0.15, 0.2) is 29.2 Å². The first-order chi connectivity index (χ1) is 8.58. The topological polar surface area (TPSA) is 137 Å². The monoisotopic (exact) mass is 249 g/mol. The highest BCUT2D eigenvalue weighted by Crippen LogP contribution is 2.20. The van der Waals surface area contributed by atoms with Crippen molar-refractivity contribution in [1.82, 2.24) is 10.1 Å². The average Bonchev–Trinajstić information content (AvgIpc) is 2.81. The highest BCUT2D eigenvalue weighted by atomic mass is 16.6. The van der Waals surface area contributed by atoms with E-state index in [0.717, 1.165) is 12.3 Å². The molecule has 1 amide bonds. The van der Waals surface area contributed by atoms with Crippen molar-refractivity contribution in [2.24, 2.45) is 0 Å². The number of nitro groups is 1. The molecule has 2 aromatic rings. The summed E-state index contributed by atoms with van der Waals surface area (Å²) in [5.41, 5.74) is 5.06. The van der Waals surface area contributed by atoms with E-state index in [1.807, 2.05) is 0 Å². The van der Waals surface area contributed by atoms with Crippen LogP contribution in [0.3, 0.4) is 0 Å². The number of rotatable bonds is 3. The number of nitrogens with one attached hydrogen (secondary N) is 1. The van der Waals surface area contributed by atoms with Gasteiger partial charge in [-0.15, -0.1) is 0 Å². The lowest BCUT2D eigenvalue weighted by molar-refractivity contribution is -0.385. The third-order valence-corrected chi connectivity index (χ3v) is 2.04. The normalized spacial score (nSPS) is 10.0. The number of carbonyl (C=O) groups is 1. The second-order valence-electron chi connectivity index (χ2n) is 3.25. The van der Waals surface area contributed by atoms with Crippen LogP contribution in [-0.2, 0) is 0 Å². The van der Waals surface area contributed by atoms with E-state index in [0.29, 0.717) is 0 Å². The number of carbonyl (C=O) groups excluding carboxylic acids is 1. The Morgan fingerprint density at radius 1 is 1.50 bits per heavy atom. The van der Waals surface area contributed by atoms with Gasteiger partial charge in [-0.05, 0) is 6.07 Å². The van der Waals surface area contributed by atoms with Gasteiger partial charge < -0.3 is 15.6 Å². The summed E-state index contributed by atoms with van der Waals surface area (Å²) in [5.74, 6) is -0.685. The number of nitrogens with zero attached hydrogens (tertiary/aromatic N) is 3. The quantitative estimate of drug-likeness (QED) is 0.606. The van der Waals surface area contributed by atoms with E-state index in [4.69, 9.17) is 5.73 Å². The van der Waals surface area contributed by atoms with Gasteiger partial charge in [0.15, 0.2) is 0 Å². The fourth-order valence-electron chi connectivity index (χ4n) is 1.26. The van der Waals surface area contributed by atoms with Crippen molar-refractivity contribution in [3.8, 4) is 0 Å². The van der Waals surface area contributed by atoms with Crippen LogP contribution >= 0.6 is 0 Å². The van der Waals surface area contributed by atoms with Gasteiger partial charge in [-0.3, -0.25) is 14.9 Å². The van der Waals surface area contributed by atoms with Crippen molar-refractivity contribution >= 4 is 23.1 Å². The Morgan fingerprint density at radius 3 is 2.89 bits per heavy atom. The molecule has 0 bridgehead atoms. The molecule has 2 aromatic heterocycles. The van der Waals surface area contributed by atoms with Gasteiger partial charge in [0.1, 0.15) is 29.5 Å². The summed E-state index contributed by atoms with van der Waals surface area (Å²) in [6.45, 7) is 0. The number of amides is 1. The van der Waals surface area contributed by atoms with E-state index in [2.05, 4.69) is 20.0 Å². The van der Waals surface area contributed by atoms with Crippen molar-refractivity contribution in [2.75, 3.05) is 11.1 Å². The molecule has 0 aliphatic rings. The molecule has 0 saturated carbocycles. The van der Waals surface area contributed by atoms with Gasteiger partial charge in [-0.2, -0.15) is 0 Å². The van der Waals surface area contributed by atoms with E-state index in [1.165, 1.54) is 12.5 Å². The van der Waals surface area contributed by atoms with Crippen LogP contribution in [0, 0.1) is 10.1 Å². The van der Waals surface area contributed by atoms with Crippen LogP contribution in [0.2, 0.25) is 0 Å². The summed E-state index contributed by atoms with van der Waals surface area (Å²) in [7, 11) is 0. The molecule has 92 valence electrons. The summed E-state index contributed by atoms with van der Waals surface area (Å²) >= 11 is 0. The van der Waals surface area contributed by atoms with Crippen LogP contribution < -0.4 is 11.1 Å². The number of hydrogen-bond acceptors (Lipinski definition) is 7. The molecule has 0 atom stereocenters. The molecule has 2 heterocycles. The molecule has 9 heteroatoms. The second kappa shape index (κ2) is 4.49. The number of nitrogens with two attached hydrogens (primary N) is 1. The molecule has 9 nitrogen and oxygen atoms in total. The van der Waals surface area contributed by atoms with Crippen LogP contribution in [0.25, 0.3) is 0 Å². The lowest BCUT2D eigenvalue weighted by Crippen LogP contribution is -2.14. The minimum absolute atomic E-state index is 0.0102. The Hall–Kier alpha value is -2.97. The first-order valence-electron chi connectivity index (χ1n) is 4.68. The summed E-state index contributed by atoms with van der Waals surface area (Å²) in [4.78, 5) is 25.4. The van der Waals surface area contributed by atoms with Gasteiger partial charge >= 0.3 is 0 Å². The lowest BCUT2D eigenvalue weighted by Gasteiger charge is -2.03. The molecule has 2 rings (SSSR count). The molecule has 0 saturated heterocycles. The zero-order valence-electron chi connectivity index (χ0n) is 8.86. The second-order valence-corrected chi connectivity index (χ2v) is 3.25. The van der Waals surface area contributed by atoms with Gasteiger partial charge in [-0.25, -0.2) is 4.98 Å². The van der Waals surface area contributed by atoms with E-state index in [9.17, 15) is 14.9 Å². The molecule has 0 fully saturated rings. The number of nitrogen functional groups attached to an aromatic ring is 1. The molecule has 0 aliphatic heterocycles. The highest BCUT2D eigenvalue weighted by molar-refractivity contribution is 6.07. The third kappa shape index (κ3) is 2.24. The average molecular weight is 249 g/mol. The van der Waals surface area contributed by atoms with Crippen molar-refractivity contribution in [3.05, 3.63) is 40.4 Å². The fourth-order valence-corrected chi connectivity index (χ4v) is 1.26. The Morgan fingerprint density at radius 2 is 2.28 bits per heavy atom. The summed E-state index contributed by atoms with van der Waals surface area (Å²) in [6.07, 6.45) is 3.38. The van der Waals surface area contributed by atoms with Gasteiger partial charge in [0.05, 0.1) is 11.1 Å². The van der Waals surface area contributed by atoms with Gasteiger partial charge in [0.2, 0.25) is 0 Å². The van der Waals surface area contributed by atoms with E-state index in [-0.39, 0.29) is 17.1 Å². The molecule has 0 unspecified atom stereocenters. The zero-order valence-corrected chi connectivity index (χ0v) is 8.86. The molecule has 0 radical (unpaired) electrons. The number of hydrogen-bond donors (Lipinski definition) is 2. The first kappa shape index (κ1) is 11.5. The predicted molar refractivity (Wildman–Crippen MR) is 59.8 cm³/mol. The smallest absolute Gasteiger partial charge is 0.300 e. The molecule has 18 heavy (non-hydrogen) atoms.